The normalized spacial score (nSPS) is 12.2. The van der Waals surface area contributed by atoms with Crippen LogP contribution in [0.5, 0.6) is 0 Å². The summed E-state index contributed by atoms with van der Waals surface area (Å²) in [6, 6.07) is 7.80. The van der Waals surface area contributed by atoms with E-state index in [0.29, 0.717) is 5.56 Å². The molecule has 0 saturated heterocycles. The molecule has 0 aliphatic rings. The summed E-state index contributed by atoms with van der Waals surface area (Å²) >= 11 is 1.53. The maximum atomic E-state index is 13.2. The van der Waals surface area contributed by atoms with Crippen LogP contribution in [0.1, 0.15) is 46.0 Å². The van der Waals surface area contributed by atoms with Gasteiger partial charge >= 0.3 is 0 Å². The van der Waals surface area contributed by atoms with Gasteiger partial charge in [0, 0.05) is 34.2 Å². The lowest BCUT2D eigenvalue weighted by atomic mass is 10.1. The summed E-state index contributed by atoms with van der Waals surface area (Å²) in [6.45, 7) is 7.75. The van der Waals surface area contributed by atoms with E-state index < -0.39 is 0 Å². The predicted octanol–water partition coefficient (Wildman–Crippen LogP) is 4.67. The molecule has 1 N–H and O–H groups in total. The maximum Gasteiger partial charge on any atom is 0.253 e. The highest BCUT2D eigenvalue weighted by atomic mass is 32.1. The van der Waals surface area contributed by atoms with Crippen molar-refractivity contribution in [3.05, 3.63) is 82.1 Å². The molecule has 6 nitrogen and oxygen atoms in total. The van der Waals surface area contributed by atoms with Crippen LogP contribution in [-0.4, -0.2) is 25.2 Å². The minimum absolute atomic E-state index is 0.146. The quantitative estimate of drug-likeness (QED) is 0.507. The van der Waals surface area contributed by atoms with E-state index in [4.69, 9.17) is 0 Å². The summed E-state index contributed by atoms with van der Waals surface area (Å²) < 4.78 is 16.9. The zero-order valence-corrected chi connectivity index (χ0v) is 18.0. The van der Waals surface area contributed by atoms with E-state index in [-0.39, 0.29) is 17.8 Å². The molecule has 0 bridgehead atoms. The van der Waals surface area contributed by atoms with Crippen LogP contribution in [0.3, 0.4) is 0 Å². The molecule has 0 aliphatic heterocycles. The van der Waals surface area contributed by atoms with Crippen LogP contribution in [0.2, 0.25) is 0 Å². The molecule has 4 rings (SSSR count). The SMILES string of the molecule is Cc1c(C(C)NC(=O)c2cc(C)n(-c3nccs3)c2C)cnn1-c1ccc(F)cc1. The Hall–Kier alpha value is -3.26. The highest BCUT2D eigenvalue weighted by molar-refractivity contribution is 7.12. The zero-order valence-electron chi connectivity index (χ0n) is 17.2. The Balaban J connectivity index is 1.56. The van der Waals surface area contributed by atoms with E-state index in [1.807, 2.05) is 43.7 Å². The molecule has 30 heavy (non-hydrogen) atoms. The first-order valence-corrected chi connectivity index (χ1v) is 10.4. The van der Waals surface area contributed by atoms with Crippen molar-refractivity contribution in [1.82, 2.24) is 24.6 Å². The van der Waals surface area contributed by atoms with Crippen molar-refractivity contribution in [3.63, 3.8) is 0 Å². The minimum Gasteiger partial charge on any atom is -0.345 e. The van der Waals surface area contributed by atoms with Crippen LogP contribution in [0, 0.1) is 26.6 Å². The van der Waals surface area contributed by atoms with Gasteiger partial charge in [0.1, 0.15) is 5.82 Å². The first kappa shape index (κ1) is 20.0. The Kier molecular flexibility index (Phi) is 5.26. The topological polar surface area (TPSA) is 64.7 Å². The lowest BCUT2D eigenvalue weighted by Crippen LogP contribution is -2.27. The van der Waals surface area contributed by atoms with Gasteiger partial charge in [-0.15, -0.1) is 11.3 Å². The van der Waals surface area contributed by atoms with Gasteiger partial charge in [-0.2, -0.15) is 5.10 Å². The van der Waals surface area contributed by atoms with Crippen LogP contribution in [0.25, 0.3) is 10.8 Å². The third-order valence-electron chi connectivity index (χ3n) is 5.22. The number of halogens is 1. The van der Waals surface area contributed by atoms with Gasteiger partial charge in [-0.05, 0) is 58.0 Å². The number of hydrogen-bond donors (Lipinski definition) is 1. The van der Waals surface area contributed by atoms with Crippen molar-refractivity contribution in [2.75, 3.05) is 0 Å². The summed E-state index contributed by atoms with van der Waals surface area (Å²) in [4.78, 5) is 17.4. The van der Waals surface area contributed by atoms with E-state index in [2.05, 4.69) is 15.4 Å². The van der Waals surface area contributed by atoms with Gasteiger partial charge < -0.3 is 5.32 Å². The fraction of sp³-hybridized carbons (Fsp3) is 0.227. The van der Waals surface area contributed by atoms with Gasteiger partial charge in [0.05, 0.1) is 23.5 Å². The van der Waals surface area contributed by atoms with Crippen LogP contribution in [0.15, 0.2) is 48.1 Å². The minimum atomic E-state index is -0.292. The van der Waals surface area contributed by atoms with Gasteiger partial charge in [0.2, 0.25) is 0 Å². The van der Waals surface area contributed by atoms with Gasteiger partial charge in [-0.3, -0.25) is 9.36 Å². The molecule has 1 amide bonds. The largest absolute Gasteiger partial charge is 0.345 e. The second kappa shape index (κ2) is 7.87. The van der Waals surface area contributed by atoms with Crippen LogP contribution >= 0.6 is 11.3 Å². The number of nitrogens with one attached hydrogen (secondary N) is 1. The van der Waals surface area contributed by atoms with Gasteiger partial charge in [0.15, 0.2) is 5.13 Å². The molecule has 4 aromatic rings. The molecule has 1 unspecified atom stereocenters. The van der Waals surface area contributed by atoms with E-state index in [1.165, 1.54) is 23.5 Å². The van der Waals surface area contributed by atoms with E-state index in [0.717, 1.165) is 33.5 Å². The summed E-state index contributed by atoms with van der Waals surface area (Å²) in [6.07, 6.45) is 3.49. The molecule has 0 fully saturated rings. The highest BCUT2D eigenvalue weighted by Crippen LogP contribution is 2.24. The molecule has 0 saturated carbocycles. The lowest BCUT2D eigenvalue weighted by molar-refractivity contribution is 0.0939. The molecule has 0 radical (unpaired) electrons. The smallest absolute Gasteiger partial charge is 0.253 e. The molecule has 0 aliphatic carbocycles. The van der Waals surface area contributed by atoms with Gasteiger partial charge in [0.25, 0.3) is 5.91 Å². The van der Waals surface area contributed by atoms with Crippen molar-refractivity contribution in [2.45, 2.75) is 33.7 Å². The first-order valence-electron chi connectivity index (χ1n) is 9.57. The molecule has 154 valence electrons. The molecular formula is C22H22FN5OS. The van der Waals surface area contributed by atoms with E-state index in [1.54, 1.807) is 29.2 Å². The maximum absolute atomic E-state index is 13.2. The average Bonchev–Trinajstić information content (AvgIpc) is 3.42. The van der Waals surface area contributed by atoms with Gasteiger partial charge in [-0.1, -0.05) is 0 Å². The molecule has 3 heterocycles. The highest BCUT2D eigenvalue weighted by Gasteiger charge is 2.21. The predicted molar refractivity (Wildman–Crippen MR) is 115 cm³/mol. The molecule has 0 spiro atoms. The second-order valence-electron chi connectivity index (χ2n) is 7.20. The fourth-order valence-electron chi connectivity index (χ4n) is 3.66. The average molecular weight is 424 g/mol. The third kappa shape index (κ3) is 3.54. The first-order chi connectivity index (χ1) is 14.4. The molecule has 1 atom stereocenters. The number of benzene rings is 1. The monoisotopic (exact) mass is 423 g/mol. The number of carbonyl (C=O) groups is 1. The van der Waals surface area contributed by atoms with Crippen molar-refractivity contribution in [1.29, 1.82) is 0 Å². The summed E-state index contributed by atoms with van der Waals surface area (Å²) in [5.74, 6) is -0.438. The second-order valence-corrected chi connectivity index (χ2v) is 8.08. The Morgan fingerprint density at radius 2 is 1.90 bits per heavy atom. The van der Waals surface area contributed by atoms with Crippen molar-refractivity contribution >= 4 is 17.2 Å². The number of hydrogen-bond acceptors (Lipinski definition) is 4. The van der Waals surface area contributed by atoms with E-state index in [9.17, 15) is 9.18 Å². The van der Waals surface area contributed by atoms with Crippen LogP contribution < -0.4 is 5.32 Å². The number of thiazole rings is 1. The van der Waals surface area contributed by atoms with Crippen molar-refractivity contribution in [2.24, 2.45) is 0 Å². The number of carbonyl (C=O) groups excluding carboxylic acids is 1. The van der Waals surface area contributed by atoms with Crippen LogP contribution in [0.4, 0.5) is 4.39 Å². The summed E-state index contributed by atoms with van der Waals surface area (Å²) in [5.41, 5.74) is 5.00. The molecule has 8 heteroatoms. The Bertz CT molecular complexity index is 1190. The Morgan fingerprint density at radius 3 is 2.57 bits per heavy atom. The third-order valence-corrected chi connectivity index (χ3v) is 5.98. The fourth-order valence-corrected chi connectivity index (χ4v) is 4.41. The zero-order chi connectivity index (χ0) is 21.4. The van der Waals surface area contributed by atoms with Gasteiger partial charge in [-0.25, -0.2) is 14.1 Å². The summed E-state index contributed by atoms with van der Waals surface area (Å²) in [7, 11) is 0. The number of aromatic nitrogens is 4. The van der Waals surface area contributed by atoms with E-state index >= 15 is 0 Å². The molecule has 3 aromatic heterocycles. The number of amides is 1. The number of nitrogens with zero attached hydrogens (tertiary/aromatic N) is 4. The number of rotatable bonds is 5. The molecular weight excluding hydrogens is 401 g/mol. The lowest BCUT2D eigenvalue weighted by Gasteiger charge is -2.14. The Labute approximate surface area is 178 Å². The van der Waals surface area contributed by atoms with Crippen molar-refractivity contribution < 1.29 is 9.18 Å². The Morgan fingerprint density at radius 1 is 1.17 bits per heavy atom. The molecule has 1 aromatic carbocycles. The van der Waals surface area contributed by atoms with Crippen molar-refractivity contribution in [3.8, 4) is 10.8 Å². The standard InChI is InChI=1S/C22H22FN5OS/c1-13-11-19(15(3)27(13)22-24-9-10-30-22)21(29)26-14(2)20-12-25-28(16(20)4)18-7-5-17(23)6-8-18/h5-12,14H,1-4H3,(H,26,29). The van der Waals surface area contributed by atoms with Crippen LogP contribution in [-0.2, 0) is 0 Å². The number of aryl methyl sites for hydroxylation is 1. The summed E-state index contributed by atoms with van der Waals surface area (Å²) in [5, 5.41) is 10.2.